The minimum Gasteiger partial charge on any atom is -0.465 e. The van der Waals surface area contributed by atoms with Crippen LogP contribution in [0, 0.1) is 23.6 Å². The lowest BCUT2D eigenvalue weighted by atomic mass is 9.63. The molecule has 0 N–H and O–H groups in total. The zero-order valence-electron chi connectivity index (χ0n) is 18.5. The van der Waals surface area contributed by atoms with Gasteiger partial charge < -0.3 is 4.74 Å². The Morgan fingerprint density at radius 3 is 2.63 bits per heavy atom. The molecule has 2 aromatic rings. The number of halogens is 1. The molecule has 2 aromatic carbocycles. The molecule has 0 aromatic heterocycles. The number of methoxy groups -OCH3 is 1. The third-order valence-electron chi connectivity index (χ3n) is 7.78. The molecule has 2 fully saturated rings. The Bertz CT molecular complexity index is 890. The number of rotatable bonds is 6. The van der Waals surface area contributed by atoms with Crippen LogP contribution in [0.2, 0.25) is 0 Å². The molecule has 0 spiro atoms. The van der Waals surface area contributed by atoms with Gasteiger partial charge in [0, 0.05) is 5.39 Å². The molecule has 2 aliphatic carbocycles. The molecule has 30 heavy (non-hydrogen) atoms. The molecule has 2 nitrogen and oxygen atoms in total. The monoisotopic (exact) mass is 410 g/mol. The van der Waals surface area contributed by atoms with Crippen molar-refractivity contribution in [1.29, 1.82) is 0 Å². The van der Waals surface area contributed by atoms with E-state index in [1.807, 2.05) is 12.1 Å². The Hall–Kier alpha value is -1.90. The van der Waals surface area contributed by atoms with Crippen LogP contribution in [0.5, 0.6) is 0 Å². The van der Waals surface area contributed by atoms with Crippen LogP contribution < -0.4 is 0 Å². The van der Waals surface area contributed by atoms with E-state index in [9.17, 15) is 4.79 Å². The van der Waals surface area contributed by atoms with Crippen molar-refractivity contribution in [3.8, 4) is 0 Å². The molecule has 0 aliphatic heterocycles. The Morgan fingerprint density at radius 1 is 1.03 bits per heavy atom. The van der Waals surface area contributed by atoms with E-state index in [1.54, 1.807) is 18.2 Å². The summed E-state index contributed by atoms with van der Waals surface area (Å²) in [6, 6.07) is 9.05. The van der Waals surface area contributed by atoms with Crippen LogP contribution in [0.25, 0.3) is 10.8 Å². The molecule has 162 valence electrons. The minimum absolute atomic E-state index is 0.0967. The molecule has 4 rings (SSSR count). The Labute approximate surface area is 180 Å². The summed E-state index contributed by atoms with van der Waals surface area (Å²) in [4.78, 5) is 11.8. The van der Waals surface area contributed by atoms with Gasteiger partial charge in [0.1, 0.15) is 5.82 Å². The first kappa shape index (κ1) is 21.3. The lowest BCUT2D eigenvalue weighted by molar-refractivity contribution is 0.0601. The number of benzene rings is 2. The Kier molecular flexibility index (Phi) is 6.75. The standard InChI is InChI=1S/C27H35FO2/c1-3-4-5-6-18-7-8-20-16-21(10-9-19(20)15-18)24-13-11-22-17-23(27(29)30-2)12-14-25(22)26(24)28/h11-14,17-21H,3-10,15-16H2,1-2H3/t18?,19-,20+,21?/m0/s1. The van der Waals surface area contributed by atoms with E-state index in [0.29, 0.717) is 16.9 Å². The Balaban J connectivity index is 1.45. The number of ether oxygens (including phenoxy) is 1. The fourth-order valence-corrected chi connectivity index (χ4v) is 6.08. The summed E-state index contributed by atoms with van der Waals surface area (Å²) in [5, 5.41) is 1.38. The summed E-state index contributed by atoms with van der Waals surface area (Å²) in [7, 11) is 1.37. The van der Waals surface area contributed by atoms with Gasteiger partial charge in [-0.05, 0) is 78.9 Å². The van der Waals surface area contributed by atoms with Gasteiger partial charge in [0.25, 0.3) is 0 Å². The Morgan fingerprint density at radius 2 is 1.83 bits per heavy atom. The average Bonchev–Trinajstić information content (AvgIpc) is 2.78. The van der Waals surface area contributed by atoms with Crippen molar-refractivity contribution in [2.45, 2.75) is 77.0 Å². The van der Waals surface area contributed by atoms with Crippen LogP contribution in [-0.4, -0.2) is 13.1 Å². The normalized spacial score (nSPS) is 26.4. The van der Waals surface area contributed by atoms with Gasteiger partial charge in [0.05, 0.1) is 12.7 Å². The molecule has 2 saturated carbocycles. The van der Waals surface area contributed by atoms with Crippen molar-refractivity contribution >= 4 is 16.7 Å². The summed E-state index contributed by atoms with van der Waals surface area (Å²) < 4.78 is 20.2. The van der Waals surface area contributed by atoms with Gasteiger partial charge in [-0.25, -0.2) is 9.18 Å². The quantitative estimate of drug-likeness (QED) is 0.361. The molecular formula is C27H35FO2. The second-order valence-electron chi connectivity index (χ2n) is 9.60. The van der Waals surface area contributed by atoms with Crippen LogP contribution >= 0.6 is 0 Å². The summed E-state index contributed by atoms with van der Waals surface area (Å²) in [5.74, 6) is 2.39. The van der Waals surface area contributed by atoms with Crippen molar-refractivity contribution in [2.75, 3.05) is 7.11 Å². The first-order valence-corrected chi connectivity index (χ1v) is 11.9. The second-order valence-corrected chi connectivity index (χ2v) is 9.60. The molecular weight excluding hydrogens is 375 g/mol. The topological polar surface area (TPSA) is 26.3 Å². The number of hydrogen-bond donors (Lipinski definition) is 0. The highest BCUT2D eigenvalue weighted by molar-refractivity contribution is 5.95. The predicted molar refractivity (Wildman–Crippen MR) is 120 cm³/mol. The van der Waals surface area contributed by atoms with E-state index in [-0.39, 0.29) is 11.8 Å². The molecule has 3 heteroatoms. The molecule has 4 atom stereocenters. The smallest absolute Gasteiger partial charge is 0.337 e. The maximum Gasteiger partial charge on any atom is 0.337 e. The zero-order valence-corrected chi connectivity index (χ0v) is 18.5. The van der Waals surface area contributed by atoms with Gasteiger partial charge in [-0.15, -0.1) is 0 Å². The molecule has 0 heterocycles. The van der Waals surface area contributed by atoms with Gasteiger partial charge in [0.15, 0.2) is 0 Å². The third-order valence-corrected chi connectivity index (χ3v) is 7.78. The van der Waals surface area contributed by atoms with Crippen molar-refractivity contribution in [1.82, 2.24) is 0 Å². The highest BCUT2D eigenvalue weighted by Crippen LogP contribution is 2.49. The fraction of sp³-hybridized carbons (Fsp3) is 0.593. The highest BCUT2D eigenvalue weighted by Gasteiger charge is 2.36. The van der Waals surface area contributed by atoms with Gasteiger partial charge in [-0.1, -0.05) is 57.2 Å². The maximum absolute atomic E-state index is 15.4. The van der Waals surface area contributed by atoms with Crippen LogP contribution in [0.15, 0.2) is 30.3 Å². The highest BCUT2D eigenvalue weighted by atomic mass is 19.1. The van der Waals surface area contributed by atoms with E-state index in [4.69, 9.17) is 4.74 Å². The van der Waals surface area contributed by atoms with Crippen LogP contribution in [0.1, 0.15) is 93.0 Å². The number of esters is 1. The van der Waals surface area contributed by atoms with Gasteiger partial charge >= 0.3 is 5.97 Å². The third kappa shape index (κ3) is 4.40. The zero-order chi connectivity index (χ0) is 21.1. The van der Waals surface area contributed by atoms with Gasteiger partial charge in [-0.2, -0.15) is 0 Å². The first-order valence-electron chi connectivity index (χ1n) is 11.9. The summed E-state index contributed by atoms with van der Waals surface area (Å²) in [5.41, 5.74) is 1.34. The molecule has 2 aliphatic rings. The second kappa shape index (κ2) is 9.49. The van der Waals surface area contributed by atoms with Gasteiger partial charge in [0.2, 0.25) is 0 Å². The van der Waals surface area contributed by atoms with Crippen molar-refractivity contribution in [3.63, 3.8) is 0 Å². The van der Waals surface area contributed by atoms with Crippen LogP contribution in [0.3, 0.4) is 0 Å². The molecule has 0 saturated heterocycles. The van der Waals surface area contributed by atoms with E-state index >= 15 is 4.39 Å². The fourth-order valence-electron chi connectivity index (χ4n) is 6.08. The van der Waals surface area contributed by atoms with Crippen LogP contribution in [-0.2, 0) is 4.74 Å². The molecule has 0 radical (unpaired) electrons. The molecule has 2 unspecified atom stereocenters. The van der Waals surface area contributed by atoms with Crippen molar-refractivity contribution in [3.05, 3.63) is 47.3 Å². The SMILES string of the molecule is CCCCCC1CC[C@@H]2CC(c3ccc4cc(C(=O)OC)ccc4c3F)CC[C@H]2C1. The summed E-state index contributed by atoms with van der Waals surface area (Å²) in [6.45, 7) is 2.28. The molecule has 0 bridgehead atoms. The van der Waals surface area contributed by atoms with E-state index < -0.39 is 0 Å². The van der Waals surface area contributed by atoms with Crippen LogP contribution in [0.4, 0.5) is 4.39 Å². The number of hydrogen-bond acceptors (Lipinski definition) is 2. The largest absolute Gasteiger partial charge is 0.465 e. The lowest BCUT2D eigenvalue weighted by Crippen LogP contribution is -2.30. The number of carbonyl (C=O) groups excluding carboxylic acids is 1. The van der Waals surface area contributed by atoms with E-state index in [0.717, 1.165) is 41.5 Å². The average molecular weight is 411 g/mol. The van der Waals surface area contributed by atoms with E-state index in [2.05, 4.69) is 6.92 Å². The maximum atomic E-state index is 15.4. The minimum atomic E-state index is -0.384. The number of fused-ring (bicyclic) bond motifs is 2. The summed E-state index contributed by atoms with van der Waals surface area (Å²) >= 11 is 0. The predicted octanol–water partition coefficient (Wildman–Crippen LogP) is 7.65. The molecule has 0 amide bonds. The lowest BCUT2D eigenvalue weighted by Gasteiger charge is -2.42. The van der Waals surface area contributed by atoms with Crippen molar-refractivity contribution < 1.29 is 13.9 Å². The number of unbranched alkanes of at least 4 members (excludes halogenated alkanes) is 2. The summed E-state index contributed by atoms with van der Waals surface area (Å²) in [6.07, 6.45) is 13.1. The van der Waals surface area contributed by atoms with Crippen molar-refractivity contribution in [2.24, 2.45) is 17.8 Å². The van der Waals surface area contributed by atoms with Gasteiger partial charge in [-0.3, -0.25) is 0 Å². The number of carbonyl (C=O) groups is 1. The first-order chi connectivity index (χ1) is 14.6. The van der Waals surface area contributed by atoms with E-state index in [1.165, 1.54) is 58.5 Å².